The minimum Gasteiger partial charge on any atom is -0.358 e. The summed E-state index contributed by atoms with van der Waals surface area (Å²) in [7, 11) is 4.23. The van der Waals surface area contributed by atoms with Crippen LogP contribution >= 0.6 is 0 Å². The van der Waals surface area contributed by atoms with Gasteiger partial charge in [-0.3, -0.25) is 0 Å². The summed E-state index contributed by atoms with van der Waals surface area (Å²) in [5, 5.41) is 0. The van der Waals surface area contributed by atoms with Gasteiger partial charge >= 0.3 is 42.1 Å². The van der Waals surface area contributed by atoms with Crippen LogP contribution in [0.4, 0.5) is 0 Å². The van der Waals surface area contributed by atoms with E-state index in [1.165, 1.54) is 0 Å². The van der Waals surface area contributed by atoms with Crippen molar-refractivity contribution in [2.24, 2.45) is 0 Å². The molecule has 0 fully saturated rings. The Hall–Kier alpha value is 0.257. The topological polar surface area (TPSA) is 6.48 Å². The predicted octanol–water partition coefficient (Wildman–Crippen LogP) is 8.31. The second kappa shape index (κ2) is 77.7. The Labute approximate surface area is 233 Å². The molecule has 31 heavy (non-hydrogen) atoms. The van der Waals surface area contributed by atoms with Gasteiger partial charge in [0.05, 0.1) is 0 Å². The number of hydrogen-bond acceptors (Lipinski definition) is 2. The maximum absolute atomic E-state index is 3.64. The molecule has 0 rings (SSSR count). The molecule has 0 saturated carbocycles. The Bertz CT molecular complexity index is 232. The van der Waals surface area contributed by atoms with Crippen molar-refractivity contribution >= 4 is 0 Å². The van der Waals surface area contributed by atoms with Gasteiger partial charge in [0, 0.05) is 13.1 Å². The molecule has 0 heterocycles. The second-order valence-corrected chi connectivity index (χ2v) is 5.10. The van der Waals surface area contributed by atoms with E-state index in [1.807, 2.05) is 24.3 Å². The summed E-state index contributed by atoms with van der Waals surface area (Å²) in [5.74, 6) is 0. The molecule has 0 radical (unpaired) electrons. The summed E-state index contributed by atoms with van der Waals surface area (Å²) in [6, 6.07) is 0. The van der Waals surface area contributed by atoms with E-state index in [0.717, 1.165) is 51.9 Å². The van der Waals surface area contributed by atoms with Gasteiger partial charge in [-0.2, -0.15) is 0 Å². The van der Waals surface area contributed by atoms with Crippen LogP contribution in [0, 0.1) is 52.0 Å². The largest absolute Gasteiger partial charge is 4.00 e. The van der Waals surface area contributed by atoms with Crippen LogP contribution in [0.5, 0.6) is 0 Å². The van der Waals surface area contributed by atoms with Crippen molar-refractivity contribution < 1.29 is 42.1 Å². The molecule has 0 atom stereocenters. The maximum atomic E-state index is 3.64. The third kappa shape index (κ3) is 104. The van der Waals surface area contributed by atoms with E-state index in [0.29, 0.717) is 0 Å². The van der Waals surface area contributed by atoms with Crippen molar-refractivity contribution in [3.63, 3.8) is 0 Å². The van der Waals surface area contributed by atoms with Crippen LogP contribution in [0.3, 0.4) is 0 Å². The fraction of sp³-hybridized carbons (Fsp3) is 0.444. The number of unbranched alkanes of at least 4 members (excludes halogenated alkanes) is 1. The molecule has 0 N–H and O–H groups in total. The van der Waals surface area contributed by atoms with E-state index in [-0.39, 0.29) is 94.1 Å². The molecule has 0 aromatic rings. The van der Waals surface area contributed by atoms with Crippen LogP contribution in [0.15, 0.2) is 50.6 Å². The molecule has 4 heteroatoms. The first-order chi connectivity index (χ1) is 10.5. The van der Waals surface area contributed by atoms with Crippen molar-refractivity contribution in [1.82, 2.24) is 9.80 Å². The van der Waals surface area contributed by atoms with Gasteiger partial charge in [-0.1, -0.05) is 38.2 Å². The first-order valence-electron chi connectivity index (χ1n) is 8.34. The molecule has 198 valence electrons. The average Bonchev–Trinajstić information content (AvgIpc) is 2.56. The molecule has 0 unspecified atom stereocenters. The van der Waals surface area contributed by atoms with Gasteiger partial charge in [0.25, 0.3) is 0 Å². The number of hydrogen-bond donors (Lipinski definition) is 0. The Kier molecular flexibility index (Phi) is 193. The zero-order chi connectivity index (χ0) is 17.6. The first kappa shape index (κ1) is 77.2. The molecular weight excluding hydrogens is 742 g/mol. The first-order valence-corrected chi connectivity index (χ1v) is 8.34. The SMILES string of the molecule is C=CCCC=C.C=CCCN(C)CC.C=CCCN(C)CC.[CH3-].[CH3-].[CH3-].[CH3-].[CH3-].[CH3-].[CH3-].[Pt+4].[Pt+4]. The molecule has 0 aliphatic carbocycles. The maximum Gasteiger partial charge on any atom is 4.00 e. The third-order valence-corrected chi connectivity index (χ3v) is 3.08. The van der Waals surface area contributed by atoms with E-state index in [2.05, 4.69) is 64.1 Å². The quantitative estimate of drug-likeness (QED) is 0.118. The van der Waals surface area contributed by atoms with E-state index < -0.39 is 0 Å². The van der Waals surface area contributed by atoms with Crippen LogP contribution in [0.25, 0.3) is 0 Å². The average molecular weight is 804 g/mol. The molecule has 2 nitrogen and oxygen atoms in total. The Morgan fingerprint density at radius 2 is 0.677 bits per heavy atom. The van der Waals surface area contributed by atoms with Crippen molar-refractivity contribution in [1.29, 1.82) is 0 Å². The molecule has 0 aliphatic rings. The van der Waals surface area contributed by atoms with E-state index in [9.17, 15) is 0 Å². The second-order valence-electron chi connectivity index (χ2n) is 5.10. The van der Waals surface area contributed by atoms with Crippen molar-refractivity contribution in [3.05, 3.63) is 103 Å². The molecule has 0 aliphatic heterocycles. The normalized spacial score (nSPS) is 6.52. The fourth-order valence-electron chi connectivity index (χ4n) is 1.18. The smallest absolute Gasteiger partial charge is 0.358 e. The Morgan fingerprint density at radius 3 is 0.806 bits per heavy atom. The monoisotopic (exact) mass is 803 g/mol. The van der Waals surface area contributed by atoms with Gasteiger partial charge in [0.2, 0.25) is 0 Å². The summed E-state index contributed by atoms with van der Waals surface area (Å²) in [6.45, 7) is 23.2. The molecule has 0 aromatic carbocycles. The molecule has 0 spiro atoms. The van der Waals surface area contributed by atoms with E-state index in [4.69, 9.17) is 0 Å². The molecule has 0 amide bonds. The summed E-state index contributed by atoms with van der Waals surface area (Å²) >= 11 is 0. The van der Waals surface area contributed by atoms with Crippen molar-refractivity contribution in [3.8, 4) is 0 Å². The van der Waals surface area contributed by atoms with Gasteiger partial charge < -0.3 is 61.8 Å². The molecule has 0 aromatic heterocycles. The van der Waals surface area contributed by atoms with Gasteiger partial charge in [-0.15, -0.1) is 26.3 Å². The molecule has 0 bridgehead atoms. The van der Waals surface area contributed by atoms with Gasteiger partial charge in [-0.25, -0.2) is 0 Å². The Balaban J connectivity index is -0.0000000154. The summed E-state index contributed by atoms with van der Waals surface area (Å²) < 4.78 is 0. The Morgan fingerprint density at radius 1 is 0.484 bits per heavy atom. The third-order valence-electron chi connectivity index (χ3n) is 3.08. The minimum absolute atomic E-state index is 0. The minimum atomic E-state index is 0. The van der Waals surface area contributed by atoms with Crippen LogP contribution in [0.1, 0.15) is 39.5 Å². The summed E-state index contributed by atoms with van der Waals surface area (Å²) in [4.78, 5) is 4.53. The van der Waals surface area contributed by atoms with Gasteiger partial charge in [0.1, 0.15) is 0 Å². The van der Waals surface area contributed by atoms with Crippen LogP contribution in [-0.4, -0.2) is 50.1 Å². The van der Waals surface area contributed by atoms with Crippen LogP contribution in [0.2, 0.25) is 0 Å². The standard InChI is InChI=1S/2C7H15N.C6H10.7CH3.2Pt/c2*1-4-6-7-8(3)5-2;1-3-5-6-4-2;;;;;;;;;/h2*4H,1,5-7H2,2-3H3;3-4H,1-2,5-6H2;7*1H3;;/q;;;7*-1;2*+4. The molecule has 0 saturated heterocycles. The summed E-state index contributed by atoms with van der Waals surface area (Å²) in [6.07, 6.45) is 12.0. The predicted molar refractivity (Wildman–Crippen MR) is 150 cm³/mol. The van der Waals surface area contributed by atoms with Gasteiger partial charge in [-0.05, 0) is 52.9 Å². The van der Waals surface area contributed by atoms with Gasteiger partial charge in [0.15, 0.2) is 0 Å². The number of rotatable bonds is 11. The van der Waals surface area contributed by atoms with Crippen molar-refractivity contribution in [2.75, 3.05) is 40.3 Å². The number of allylic oxidation sites excluding steroid dienone is 2. The summed E-state index contributed by atoms with van der Waals surface area (Å²) in [5.41, 5.74) is 0. The van der Waals surface area contributed by atoms with E-state index in [1.54, 1.807) is 0 Å². The molecular formula is C27H61N2Pt2+. The van der Waals surface area contributed by atoms with Crippen LogP contribution < -0.4 is 0 Å². The van der Waals surface area contributed by atoms with E-state index >= 15 is 0 Å². The zero-order valence-electron chi connectivity index (χ0n) is 23.3. The number of nitrogens with zero attached hydrogens (tertiary/aromatic N) is 2. The van der Waals surface area contributed by atoms with Crippen molar-refractivity contribution in [2.45, 2.75) is 39.5 Å². The fourth-order valence-corrected chi connectivity index (χ4v) is 1.18. The van der Waals surface area contributed by atoms with Crippen LogP contribution in [-0.2, 0) is 42.1 Å². The zero-order valence-corrected chi connectivity index (χ0v) is 27.9.